The van der Waals surface area contributed by atoms with Crippen LogP contribution in [-0.2, 0) is 9.59 Å². The molecule has 0 aliphatic carbocycles. The molecule has 220 valence electrons. The van der Waals surface area contributed by atoms with Gasteiger partial charge in [0.15, 0.2) is 0 Å². The molecule has 0 saturated carbocycles. The number of carbonyl (C=O) groups is 3. The molecule has 7 nitrogen and oxygen atoms in total. The van der Waals surface area contributed by atoms with Gasteiger partial charge >= 0.3 is 0 Å². The van der Waals surface area contributed by atoms with Crippen molar-refractivity contribution in [2.75, 3.05) is 57.3 Å². The number of anilines is 1. The molecule has 3 fully saturated rings. The SMILES string of the molecule is CC(=O)N1CCC(C(=O)N(CCCN2CC3CN(C(=O)c4cc(C)ccc4F)CC3C2)c2ccc(C)c(Cl)c2)CC1. The highest BCUT2D eigenvalue weighted by Crippen LogP contribution is 2.33. The van der Waals surface area contributed by atoms with Crippen molar-refractivity contribution in [3.8, 4) is 0 Å². The molecule has 3 aliphatic heterocycles. The fourth-order valence-electron chi connectivity index (χ4n) is 6.64. The fraction of sp³-hybridized carbons (Fsp3) is 0.531. The third-order valence-electron chi connectivity index (χ3n) is 9.08. The molecule has 2 atom stereocenters. The highest BCUT2D eigenvalue weighted by atomic mass is 35.5. The third-order valence-corrected chi connectivity index (χ3v) is 9.49. The van der Waals surface area contributed by atoms with Crippen molar-refractivity contribution in [1.82, 2.24) is 14.7 Å². The largest absolute Gasteiger partial charge is 0.343 e. The van der Waals surface area contributed by atoms with Crippen LogP contribution in [0.1, 0.15) is 47.7 Å². The number of halogens is 2. The number of hydrogen-bond donors (Lipinski definition) is 0. The first kappa shape index (κ1) is 29.5. The predicted octanol–water partition coefficient (Wildman–Crippen LogP) is 4.78. The summed E-state index contributed by atoms with van der Waals surface area (Å²) in [5.41, 5.74) is 2.83. The normalized spacial score (nSPS) is 21.3. The Morgan fingerprint density at radius 2 is 1.63 bits per heavy atom. The second-order valence-electron chi connectivity index (χ2n) is 12.0. The van der Waals surface area contributed by atoms with Gasteiger partial charge < -0.3 is 19.6 Å². The average molecular weight is 583 g/mol. The van der Waals surface area contributed by atoms with Crippen LogP contribution in [0.2, 0.25) is 5.02 Å². The van der Waals surface area contributed by atoms with E-state index >= 15 is 0 Å². The van der Waals surface area contributed by atoms with Gasteiger partial charge in [0.2, 0.25) is 11.8 Å². The van der Waals surface area contributed by atoms with E-state index in [4.69, 9.17) is 11.6 Å². The Balaban J connectivity index is 1.17. The number of benzene rings is 2. The molecule has 2 aromatic carbocycles. The molecule has 0 N–H and O–H groups in total. The summed E-state index contributed by atoms with van der Waals surface area (Å²) in [6.07, 6.45) is 2.16. The van der Waals surface area contributed by atoms with E-state index in [1.54, 1.807) is 19.1 Å². The Hall–Kier alpha value is -2.97. The van der Waals surface area contributed by atoms with Crippen molar-refractivity contribution in [2.45, 2.75) is 40.0 Å². The van der Waals surface area contributed by atoms with E-state index < -0.39 is 5.82 Å². The summed E-state index contributed by atoms with van der Waals surface area (Å²) >= 11 is 6.44. The van der Waals surface area contributed by atoms with Crippen LogP contribution >= 0.6 is 11.6 Å². The fourth-order valence-corrected chi connectivity index (χ4v) is 6.82. The molecule has 3 saturated heterocycles. The summed E-state index contributed by atoms with van der Waals surface area (Å²) < 4.78 is 14.3. The van der Waals surface area contributed by atoms with E-state index in [1.807, 2.05) is 46.7 Å². The van der Waals surface area contributed by atoms with E-state index in [0.29, 0.717) is 62.4 Å². The molecular weight excluding hydrogens is 543 g/mol. The zero-order valence-corrected chi connectivity index (χ0v) is 25.0. The number of aryl methyl sites for hydroxylation is 2. The molecule has 0 spiro atoms. The van der Waals surface area contributed by atoms with Gasteiger partial charge in [-0.15, -0.1) is 0 Å². The summed E-state index contributed by atoms with van der Waals surface area (Å²) in [7, 11) is 0. The van der Waals surface area contributed by atoms with Crippen LogP contribution < -0.4 is 4.90 Å². The Bertz CT molecular complexity index is 1300. The number of nitrogens with zero attached hydrogens (tertiary/aromatic N) is 4. The summed E-state index contributed by atoms with van der Waals surface area (Å²) in [5.74, 6) is 0.134. The number of likely N-dealkylation sites (tertiary alicyclic amines) is 3. The minimum atomic E-state index is -0.461. The van der Waals surface area contributed by atoms with Gasteiger partial charge in [-0.1, -0.05) is 29.3 Å². The predicted molar refractivity (Wildman–Crippen MR) is 159 cm³/mol. The first-order valence-electron chi connectivity index (χ1n) is 14.7. The second kappa shape index (κ2) is 12.5. The van der Waals surface area contributed by atoms with Crippen LogP contribution in [0, 0.1) is 37.4 Å². The average Bonchev–Trinajstić information content (AvgIpc) is 3.52. The molecule has 9 heteroatoms. The van der Waals surface area contributed by atoms with E-state index in [-0.39, 0.29) is 29.2 Å². The number of hydrogen-bond acceptors (Lipinski definition) is 4. The molecule has 0 aromatic heterocycles. The number of rotatable bonds is 7. The van der Waals surface area contributed by atoms with E-state index in [9.17, 15) is 18.8 Å². The van der Waals surface area contributed by atoms with Crippen molar-refractivity contribution in [2.24, 2.45) is 17.8 Å². The molecule has 0 bridgehead atoms. The van der Waals surface area contributed by atoms with Gasteiger partial charge in [0.1, 0.15) is 5.82 Å². The summed E-state index contributed by atoms with van der Waals surface area (Å²) in [6.45, 7) is 11.2. The molecule has 5 rings (SSSR count). The molecule has 3 amide bonds. The Morgan fingerprint density at radius 1 is 0.951 bits per heavy atom. The quantitative estimate of drug-likeness (QED) is 0.471. The molecular formula is C32H40ClFN4O3. The van der Waals surface area contributed by atoms with Gasteiger partial charge in [-0.3, -0.25) is 14.4 Å². The standard InChI is InChI=1S/C32H40ClFN4O3/c1-21-5-8-30(34)28(15-21)32(41)37-19-25-17-35(18-26(25)20-37)11-4-12-38(27-7-6-22(2)29(33)16-27)31(40)24-9-13-36(14-10-24)23(3)39/h5-8,15-16,24-26H,4,9-14,17-20H2,1-3H3. The lowest BCUT2D eigenvalue weighted by molar-refractivity contribution is -0.133. The Labute approximate surface area is 247 Å². The maximum atomic E-state index is 14.3. The third kappa shape index (κ3) is 6.59. The Kier molecular flexibility index (Phi) is 9.00. The first-order chi connectivity index (χ1) is 19.6. The topological polar surface area (TPSA) is 64.2 Å². The zero-order chi connectivity index (χ0) is 29.3. The highest BCUT2D eigenvalue weighted by molar-refractivity contribution is 6.31. The van der Waals surface area contributed by atoms with E-state index in [2.05, 4.69) is 4.90 Å². The van der Waals surface area contributed by atoms with Crippen molar-refractivity contribution >= 4 is 35.0 Å². The van der Waals surface area contributed by atoms with Gasteiger partial charge in [-0.05, 0) is 81.3 Å². The van der Waals surface area contributed by atoms with Crippen molar-refractivity contribution in [3.63, 3.8) is 0 Å². The van der Waals surface area contributed by atoms with E-state index in [1.165, 1.54) is 6.07 Å². The van der Waals surface area contributed by atoms with Crippen LogP contribution in [-0.4, -0.2) is 84.8 Å². The van der Waals surface area contributed by atoms with Crippen molar-refractivity contribution in [1.29, 1.82) is 0 Å². The van der Waals surface area contributed by atoms with Gasteiger partial charge in [0, 0.05) is 69.4 Å². The zero-order valence-electron chi connectivity index (χ0n) is 24.2. The maximum Gasteiger partial charge on any atom is 0.256 e. The number of amides is 3. The van der Waals surface area contributed by atoms with Gasteiger partial charge in [0.05, 0.1) is 5.56 Å². The lowest BCUT2D eigenvalue weighted by Crippen LogP contribution is -2.44. The summed E-state index contributed by atoms with van der Waals surface area (Å²) in [5, 5.41) is 0.642. The van der Waals surface area contributed by atoms with Gasteiger partial charge in [-0.2, -0.15) is 0 Å². The van der Waals surface area contributed by atoms with Gasteiger partial charge in [0.25, 0.3) is 5.91 Å². The molecule has 2 unspecified atom stereocenters. The number of carbonyl (C=O) groups excluding carboxylic acids is 3. The smallest absolute Gasteiger partial charge is 0.256 e. The second-order valence-corrected chi connectivity index (χ2v) is 12.4. The first-order valence-corrected chi connectivity index (χ1v) is 15.1. The van der Waals surface area contributed by atoms with Crippen molar-refractivity contribution in [3.05, 3.63) is 63.9 Å². The van der Waals surface area contributed by atoms with Crippen LogP contribution in [0.3, 0.4) is 0 Å². The molecule has 41 heavy (non-hydrogen) atoms. The molecule has 3 heterocycles. The van der Waals surface area contributed by atoms with Crippen LogP contribution in [0.25, 0.3) is 0 Å². The van der Waals surface area contributed by atoms with Crippen LogP contribution in [0.5, 0.6) is 0 Å². The van der Waals surface area contributed by atoms with Crippen LogP contribution in [0.15, 0.2) is 36.4 Å². The lowest BCUT2D eigenvalue weighted by Gasteiger charge is -2.34. The maximum absolute atomic E-state index is 14.3. The Morgan fingerprint density at radius 3 is 2.27 bits per heavy atom. The minimum absolute atomic E-state index is 0.0586. The van der Waals surface area contributed by atoms with Crippen molar-refractivity contribution < 1.29 is 18.8 Å². The monoisotopic (exact) mass is 582 g/mol. The minimum Gasteiger partial charge on any atom is -0.343 e. The highest BCUT2D eigenvalue weighted by Gasteiger charge is 2.42. The molecule has 0 radical (unpaired) electrons. The van der Waals surface area contributed by atoms with Gasteiger partial charge in [-0.25, -0.2) is 4.39 Å². The lowest BCUT2D eigenvalue weighted by atomic mass is 9.94. The molecule has 3 aliphatic rings. The summed E-state index contributed by atoms with van der Waals surface area (Å²) in [6, 6.07) is 10.5. The number of piperidine rings is 1. The number of fused-ring (bicyclic) bond motifs is 1. The van der Waals surface area contributed by atoms with E-state index in [0.717, 1.165) is 42.9 Å². The van der Waals surface area contributed by atoms with Crippen LogP contribution in [0.4, 0.5) is 10.1 Å². The molecule has 2 aromatic rings. The summed E-state index contributed by atoms with van der Waals surface area (Å²) in [4.78, 5) is 46.4.